The van der Waals surface area contributed by atoms with Crippen molar-refractivity contribution >= 4 is 40.9 Å². The lowest BCUT2D eigenvalue weighted by atomic mass is 10.2. The standard InChI is InChI=1S/C14H10Cl2N2O/c15-12-4-1-5-13(16)11(12)6-7-14(19)18-10-3-2-8-17-9-10/h1-9H,(H,18,19). The number of anilines is 1. The van der Waals surface area contributed by atoms with E-state index in [4.69, 9.17) is 23.2 Å². The predicted octanol–water partition coefficient (Wildman–Crippen LogP) is 4.04. The summed E-state index contributed by atoms with van der Waals surface area (Å²) in [5, 5.41) is 3.67. The predicted molar refractivity (Wildman–Crippen MR) is 78.4 cm³/mol. The number of carbonyl (C=O) groups is 1. The molecule has 19 heavy (non-hydrogen) atoms. The van der Waals surface area contributed by atoms with Gasteiger partial charge >= 0.3 is 0 Å². The van der Waals surface area contributed by atoms with Crippen molar-refractivity contribution < 1.29 is 4.79 Å². The first kappa shape index (κ1) is 13.6. The molecule has 2 aromatic rings. The first-order valence-electron chi connectivity index (χ1n) is 5.50. The minimum atomic E-state index is -0.274. The Morgan fingerprint density at radius 1 is 1.16 bits per heavy atom. The maximum atomic E-state index is 11.7. The molecule has 0 aliphatic rings. The minimum Gasteiger partial charge on any atom is -0.321 e. The van der Waals surface area contributed by atoms with Crippen LogP contribution in [0.3, 0.4) is 0 Å². The Morgan fingerprint density at radius 2 is 1.89 bits per heavy atom. The molecule has 1 heterocycles. The summed E-state index contributed by atoms with van der Waals surface area (Å²) in [5.74, 6) is -0.274. The maximum Gasteiger partial charge on any atom is 0.248 e. The summed E-state index contributed by atoms with van der Waals surface area (Å²) in [6.07, 6.45) is 6.15. The highest BCUT2D eigenvalue weighted by Crippen LogP contribution is 2.25. The van der Waals surface area contributed by atoms with Crippen molar-refractivity contribution in [2.45, 2.75) is 0 Å². The van der Waals surface area contributed by atoms with Crippen molar-refractivity contribution in [2.75, 3.05) is 5.32 Å². The third-order valence-corrected chi connectivity index (χ3v) is 2.99. The third kappa shape index (κ3) is 3.81. The van der Waals surface area contributed by atoms with Gasteiger partial charge in [-0.3, -0.25) is 9.78 Å². The molecule has 0 atom stereocenters. The van der Waals surface area contributed by atoms with Gasteiger partial charge in [-0.1, -0.05) is 29.3 Å². The lowest BCUT2D eigenvalue weighted by molar-refractivity contribution is -0.111. The number of nitrogens with one attached hydrogen (secondary N) is 1. The summed E-state index contributed by atoms with van der Waals surface area (Å²) in [5.41, 5.74) is 1.24. The van der Waals surface area contributed by atoms with Crippen molar-refractivity contribution in [3.8, 4) is 0 Å². The number of nitrogens with zero attached hydrogens (tertiary/aromatic N) is 1. The first-order valence-corrected chi connectivity index (χ1v) is 6.25. The highest BCUT2D eigenvalue weighted by molar-refractivity contribution is 6.37. The second kappa shape index (κ2) is 6.36. The number of pyridine rings is 1. The van der Waals surface area contributed by atoms with E-state index in [1.165, 1.54) is 6.08 Å². The molecule has 0 aliphatic heterocycles. The van der Waals surface area contributed by atoms with Gasteiger partial charge in [0.05, 0.1) is 11.9 Å². The van der Waals surface area contributed by atoms with Crippen LogP contribution in [0.25, 0.3) is 6.08 Å². The minimum absolute atomic E-state index is 0.274. The summed E-state index contributed by atoms with van der Waals surface area (Å²) >= 11 is 12.0. The monoisotopic (exact) mass is 292 g/mol. The lowest BCUT2D eigenvalue weighted by Gasteiger charge is -2.02. The van der Waals surface area contributed by atoms with E-state index in [1.54, 1.807) is 48.8 Å². The van der Waals surface area contributed by atoms with Crippen LogP contribution in [0.4, 0.5) is 5.69 Å². The summed E-state index contributed by atoms with van der Waals surface area (Å²) < 4.78 is 0. The van der Waals surface area contributed by atoms with E-state index in [1.807, 2.05) is 0 Å². The van der Waals surface area contributed by atoms with Crippen LogP contribution in [-0.4, -0.2) is 10.9 Å². The van der Waals surface area contributed by atoms with Crippen LogP contribution in [-0.2, 0) is 4.79 Å². The second-order valence-electron chi connectivity index (χ2n) is 3.70. The number of hydrogen-bond donors (Lipinski definition) is 1. The van der Waals surface area contributed by atoms with E-state index in [0.29, 0.717) is 21.3 Å². The van der Waals surface area contributed by atoms with Gasteiger partial charge in [0.25, 0.3) is 0 Å². The largest absolute Gasteiger partial charge is 0.321 e. The summed E-state index contributed by atoms with van der Waals surface area (Å²) in [6.45, 7) is 0. The zero-order valence-electron chi connectivity index (χ0n) is 9.81. The number of hydrogen-bond acceptors (Lipinski definition) is 2. The van der Waals surface area contributed by atoms with Gasteiger partial charge in [-0.25, -0.2) is 0 Å². The smallest absolute Gasteiger partial charge is 0.248 e. The van der Waals surface area contributed by atoms with Gasteiger partial charge in [-0.15, -0.1) is 0 Å². The zero-order valence-corrected chi connectivity index (χ0v) is 11.3. The zero-order chi connectivity index (χ0) is 13.7. The molecule has 1 aromatic carbocycles. The third-order valence-electron chi connectivity index (χ3n) is 2.33. The van der Waals surface area contributed by atoms with Gasteiger partial charge in [0.1, 0.15) is 0 Å². The Kier molecular flexibility index (Phi) is 4.55. The molecule has 0 radical (unpaired) electrons. The molecule has 0 fully saturated rings. The van der Waals surface area contributed by atoms with E-state index in [2.05, 4.69) is 10.3 Å². The molecule has 0 bridgehead atoms. The lowest BCUT2D eigenvalue weighted by Crippen LogP contribution is -2.07. The van der Waals surface area contributed by atoms with E-state index < -0.39 is 0 Å². The quantitative estimate of drug-likeness (QED) is 0.868. The van der Waals surface area contributed by atoms with Crippen LogP contribution in [0.5, 0.6) is 0 Å². The van der Waals surface area contributed by atoms with E-state index in [-0.39, 0.29) is 5.91 Å². The van der Waals surface area contributed by atoms with Gasteiger partial charge < -0.3 is 5.32 Å². The SMILES string of the molecule is O=C(C=Cc1c(Cl)cccc1Cl)Nc1cccnc1. The molecule has 5 heteroatoms. The van der Waals surface area contributed by atoms with Crippen LogP contribution < -0.4 is 5.32 Å². The fourth-order valence-corrected chi connectivity index (χ4v) is 1.97. The van der Waals surface area contributed by atoms with Gasteiger partial charge in [-0.05, 0) is 30.3 Å². The molecule has 0 saturated carbocycles. The van der Waals surface area contributed by atoms with E-state index >= 15 is 0 Å². The average Bonchev–Trinajstić information content (AvgIpc) is 2.39. The number of benzene rings is 1. The van der Waals surface area contributed by atoms with Gasteiger partial charge in [0.15, 0.2) is 0 Å². The Labute approximate surface area is 120 Å². The topological polar surface area (TPSA) is 42.0 Å². The van der Waals surface area contributed by atoms with E-state index in [9.17, 15) is 4.79 Å². The Hall–Kier alpha value is -1.84. The fraction of sp³-hybridized carbons (Fsp3) is 0. The number of amides is 1. The van der Waals surface area contributed by atoms with Gasteiger partial charge in [0, 0.05) is 27.9 Å². The molecule has 96 valence electrons. The van der Waals surface area contributed by atoms with Crippen molar-refractivity contribution in [1.82, 2.24) is 4.98 Å². The highest BCUT2D eigenvalue weighted by Gasteiger charge is 2.02. The van der Waals surface area contributed by atoms with E-state index in [0.717, 1.165) is 0 Å². The molecule has 0 unspecified atom stereocenters. The molecule has 3 nitrogen and oxygen atoms in total. The molecule has 1 aromatic heterocycles. The molecule has 2 rings (SSSR count). The average molecular weight is 293 g/mol. The Morgan fingerprint density at radius 3 is 2.53 bits per heavy atom. The molecule has 0 saturated heterocycles. The summed E-state index contributed by atoms with van der Waals surface area (Å²) in [4.78, 5) is 15.6. The number of rotatable bonds is 3. The number of carbonyl (C=O) groups excluding carboxylic acids is 1. The van der Waals surface area contributed by atoms with Crippen LogP contribution in [0.2, 0.25) is 10.0 Å². The molecule has 1 amide bonds. The number of halogens is 2. The van der Waals surface area contributed by atoms with Crippen molar-refractivity contribution in [1.29, 1.82) is 0 Å². The summed E-state index contributed by atoms with van der Waals surface area (Å²) in [6, 6.07) is 8.67. The molecule has 0 spiro atoms. The summed E-state index contributed by atoms with van der Waals surface area (Å²) in [7, 11) is 0. The Bertz CT molecular complexity index is 592. The van der Waals surface area contributed by atoms with Gasteiger partial charge in [0.2, 0.25) is 5.91 Å². The van der Waals surface area contributed by atoms with Crippen LogP contribution in [0, 0.1) is 0 Å². The normalized spacial score (nSPS) is 10.6. The van der Waals surface area contributed by atoms with Crippen LogP contribution in [0.1, 0.15) is 5.56 Å². The Balaban J connectivity index is 2.09. The molecular weight excluding hydrogens is 283 g/mol. The first-order chi connectivity index (χ1) is 9.16. The molecular formula is C14H10Cl2N2O. The van der Waals surface area contributed by atoms with Crippen molar-refractivity contribution in [3.63, 3.8) is 0 Å². The van der Waals surface area contributed by atoms with Crippen LogP contribution >= 0.6 is 23.2 Å². The molecule has 1 N–H and O–H groups in total. The maximum absolute atomic E-state index is 11.7. The second-order valence-corrected chi connectivity index (χ2v) is 4.51. The van der Waals surface area contributed by atoms with Crippen molar-refractivity contribution in [2.24, 2.45) is 0 Å². The molecule has 0 aliphatic carbocycles. The van der Waals surface area contributed by atoms with Crippen LogP contribution in [0.15, 0.2) is 48.8 Å². The number of aromatic nitrogens is 1. The van der Waals surface area contributed by atoms with Crippen molar-refractivity contribution in [3.05, 3.63) is 64.4 Å². The highest BCUT2D eigenvalue weighted by atomic mass is 35.5. The van der Waals surface area contributed by atoms with Gasteiger partial charge in [-0.2, -0.15) is 0 Å². The fourth-order valence-electron chi connectivity index (χ4n) is 1.45.